The van der Waals surface area contributed by atoms with Crippen molar-refractivity contribution in [2.75, 3.05) is 12.4 Å². The average Bonchev–Trinajstić information content (AvgIpc) is 2.92. The van der Waals surface area contributed by atoms with Crippen LogP contribution in [0.2, 0.25) is 0 Å². The number of hydrogen-bond acceptors (Lipinski definition) is 3. The van der Waals surface area contributed by atoms with Crippen molar-refractivity contribution in [2.45, 2.75) is 31.7 Å². The molecule has 4 N–H and O–H groups in total. The lowest BCUT2D eigenvalue weighted by molar-refractivity contribution is 0.413. The van der Waals surface area contributed by atoms with E-state index in [-0.39, 0.29) is 5.82 Å². The van der Waals surface area contributed by atoms with Gasteiger partial charge in [-0.2, -0.15) is 0 Å². The van der Waals surface area contributed by atoms with E-state index in [2.05, 4.69) is 15.7 Å². The van der Waals surface area contributed by atoms with Gasteiger partial charge in [-0.05, 0) is 25.0 Å². The van der Waals surface area contributed by atoms with Gasteiger partial charge < -0.3 is 10.1 Å². The molecule has 1 aromatic carbocycles. The number of nitrogens with one attached hydrogen (secondary N) is 2. The number of ether oxygens (including phenoxy) is 1. The number of nitrogens with zero attached hydrogens (tertiary/aromatic N) is 1. The van der Waals surface area contributed by atoms with E-state index in [0.29, 0.717) is 23.4 Å². The van der Waals surface area contributed by atoms with Crippen LogP contribution < -0.4 is 21.3 Å². The van der Waals surface area contributed by atoms with E-state index in [4.69, 9.17) is 10.6 Å². The molecule has 0 bridgehead atoms. The van der Waals surface area contributed by atoms with Gasteiger partial charge in [0.1, 0.15) is 11.6 Å². The SMILES string of the molecule is COc1cc(F)ccc1NC(=NC1CCCC1)NN. The van der Waals surface area contributed by atoms with Gasteiger partial charge in [0.15, 0.2) is 0 Å². The highest BCUT2D eigenvalue weighted by Gasteiger charge is 2.15. The summed E-state index contributed by atoms with van der Waals surface area (Å²) >= 11 is 0. The second-order valence-corrected chi connectivity index (χ2v) is 4.53. The first kappa shape index (κ1) is 13.6. The molecule has 6 heteroatoms. The number of methoxy groups -OCH3 is 1. The molecule has 0 aromatic heterocycles. The molecule has 0 saturated heterocycles. The first-order valence-electron chi connectivity index (χ1n) is 6.38. The average molecular weight is 266 g/mol. The van der Waals surface area contributed by atoms with Gasteiger partial charge in [0, 0.05) is 6.07 Å². The van der Waals surface area contributed by atoms with Crippen molar-refractivity contribution in [1.29, 1.82) is 0 Å². The standard InChI is InChI=1S/C13H19FN4O/c1-19-12-8-9(14)6-7-11(12)17-13(18-15)16-10-4-2-3-5-10/h6-8,10H,2-5,15H2,1H3,(H2,16,17,18). The zero-order chi connectivity index (χ0) is 13.7. The van der Waals surface area contributed by atoms with Crippen LogP contribution in [0.3, 0.4) is 0 Å². The van der Waals surface area contributed by atoms with E-state index in [1.54, 1.807) is 6.07 Å². The van der Waals surface area contributed by atoms with Gasteiger partial charge in [-0.3, -0.25) is 5.43 Å². The summed E-state index contributed by atoms with van der Waals surface area (Å²) in [6.45, 7) is 0. The van der Waals surface area contributed by atoms with Crippen LogP contribution in [0.15, 0.2) is 23.2 Å². The summed E-state index contributed by atoms with van der Waals surface area (Å²) in [4.78, 5) is 4.51. The van der Waals surface area contributed by atoms with E-state index in [1.807, 2.05) is 0 Å². The first-order chi connectivity index (χ1) is 9.22. The molecule has 0 heterocycles. The molecule has 0 radical (unpaired) electrons. The Balaban J connectivity index is 2.13. The zero-order valence-corrected chi connectivity index (χ0v) is 10.9. The number of hydrogen-bond donors (Lipinski definition) is 3. The van der Waals surface area contributed by atoms with Gasteiger partial charge >= 0.3 is 0 Å². The fraction of sp³-hybridized carbons (Fsp3) is 0.462. The van der Waals surface area contributed by atoms with Crippen LogP contribution in [0.25, 0.3) is 0 Å². The van der Waals surface area contributed by atoms with Crippen molar-refractivity contribution in [3.63, 3.8) is 0 Å². The van der Waals surface area contributed by atoms with Crippen LogP contribution in [0.1, 0.15) is 25.7 Å². The summed E-state index contributed by atoms with van der Waals surface area (Å²) < 4.78 is 18.2. The quantitative estimate of drug-likeness (QED) is 0.339. The zero-order valence-electron chi connectivity index (χ0n) is 10.9. The molecular formula is C13H19FN4O. The molecule has 0 amide bonds. The molecular weight excluding hydrogens is 247 g/mol. The summed E-state index contributed by atoms with van der Waals surface area (Å²) in [5, 5.41) is 3.02. The number of rotatable bonds is 3. The normalized spacial score (nSPS) is 16.5. The van der Waals surface area contributed by atoms with E-state index < -0.39 is 0 Å². The molecule has 1 saturated carbocycles. The smallest absolute Gasteiger partial charge is 0.210 e. The summed E-state index contributed by atoms with van der Waals surface area (Å²) in [6.07, 6.45) is 4.55. The second kappa shape index (κ2) is 6.38. The summed E-state index contributed by atoms with van der Waals surface area (Å²) in [6, 6.07) is 4.56. The lowest BCUT2D eigenvalue weighted by Crippen LogP contribution is -2.37. The summed E-state index contributed by atoms with van der Waals surface area (Å²) in [7, 11) is 1.49. The minimum atomic E-state index is -0.350. The molecule has 1 aromatic rings. The van der Waals surface area contributed by atoms with Crippen LogP contribution in [-0.4, -0.2) is 19.1 Å². The number of benzene rings is 1. The number of anilines is 1. The molecule has 2 rings (SSSR count). The molecule has 0 aliphatic heterocycles. The van der Waals surface area contributed by atoms with Crippen LogP contribution >= 0.6 is 0 Å². The van der Waals surface area contributed by atoms with Crippen LogP contribution in [-0.2, 0) is 0 Å². The maximum Gasteiger partial charge on any atom is 0.210 e. The maximum absolute atomic E-state index is 13.1. The van der Waals surface area contributed by atoms with Crippen molar-refractivity contribution in [1.82, 2.24) is 5.43 Å². The van der Waals surface area contributed by atoms with Crippen molar-refractivity contribution in [3.8, 4) is 5.75 Å². The van der Waals surface area contributed by atoms with Gasteiger partial charge in [-0.1, -0.05) is 12.8 Å². The van der Waals surface area contributed by atoms with Crippen molar-refractivity contribution < 1.29 is 9.13 Å². The topological polar surface area (TPSA) is 71.7 Å². The van der Waals surface area contributed by atoms with E-state index in [0.717, 1.165) is 12.8 Å². The molecule has 1 aliphatic rings. The van der Waals surface area contributed by atoms with Gasteiger partial charge in [0.05, 0.1) is 18.8 Å². The molecule has 0 atom stereocenters. The number of halogens is 1. The second-order valence-electron chi connectivity index (χ2n) is 4.53. The van der Waals surface area contributed by atoms with E-state index >= 15 is 0 Å². The van der Waals surface area contributed by atoms with E-state index in [9.17, 15) is 4.39 Å². The molecule has 1 aliphatic carbocycles. The monoisotopic (exact) mass is 266 g/mol. The highest BCUT2D eigenvalue weighted by atomic mass is 19.1. The molecule has 1 fully saturated rings. The number of aliphatic imine (C=N–C) groups is 1. The predicted molar refractivity (Wildman–Crippen MR) is 73.6 cm³/mol. The third-order valence-electron chi connectivity index (χ3n) is 3.19. The van der Waals surface area contributed by atoms with Crippen LogP contribution in [0, 0.1) is 5.82 Å². The molecule has 5 nitrogen and oxygen atoms in total. The van der Waals surface area contributed by atoms with Crippen molar-refractivity contribution in [2.24, 2.45) is 10.8 Å². The Hall–Kier alpha value is -1.82. The van der Waals surface area contributed by atoms with Gasteiger partial charge in [-0.25, -0.2) is 15.2 Å². The van der Waals surface area contributed by atoms with Gasteiger partial charge in [0.25, 0.3) is 0 Å². The fourth-order valence-corrected chi connectivity index (χ4v) is 2.22. The van der Waals surface area contributed by atoms with Crippen LogP contribution in [0.5, 0.6) is 5.75 Å². The molecule has 0 spiro atoms. The lowest BCUT2D eigenvalue weighted by atomic mass is 10.2. The summed E-state index contributed by atoms with van der Waals surface area (Å²) in [5.74, 6) is 5.99. The van der Waals surface area contributed by atoms with Crippen molar-refractivity contribution >= 4 is 11.6 Å². The van der Waals surface area contributed by atoms with Gasteiger partial charge in [0.2, 0.25) is 5.96 Å². The highest BCUT2D eigenvalue weighted by molar-refractivity contribution is 5.94. The number of hydrazine groups is 1. The van der Waals surface area contributed by atoms with Crippen LogP contribution in [0.4, 0.5) is 10.1 Å². The molecule has 104 valence electrons. The summed E-state index contributed by atoms with van der Waals surface area (Å²) in [5.41, 5.74) is 3.16. The fourth-order valence-electron chi connectivity index (χ4n) is 2.22. The Morgan fingerprint density at radius 3 is 2.79 bits per heavy atom. The maximum atomic E-state index is 13.1. The molecule has 19 heavy (non-hydrogen) atoms. The Morgan fingerprint density at radius 2 is 2.16 bits per heavy atom. The van der Waals surface area contributed by atoms with Gasteiger partial charge in [-0.15, -0.1) is 0 Å². The van der Waals surface area contributed by atoms with Crippen molar-refractivity contribution in [3.05, 3.63) is 24.0 Å². The minimum Gasteiger partial charge on any atom is -0.494 e. The Kier molecular flexibility index (Phi) is 4.57. The lowest BCUT2D eigenvalue weighted by Gasteiger charge is -2.14. The Labute approximate surface area is 112 Å². The Morgan fingerprint density at radius 1 is 1.42 bits per heavy atom. The predicted octanol–water partition coefficient (Wildman–Crippen LogP) is 2.01. The highest BCUT2D eigenvalue weighted by Crippen LogP contribution is 2.25. The number of guanidine groups is 1. The number of nitrogens with two attached hydrogens (primary N) is 1. The first-order valence-corrected chi connectivity index (χ1v) is 6.38. The molecule has 0 unspecified atom stereocenters. The van der Waals surface area contributed by atoms with E-state index in [1.165, 1.54) is 32.1 Å². The third-order valence-corrected chi connectivity index (χ3v) is 3.19. The minimum absolute atomic E-state index is 0.296. The Bertz CT molecular complexity index is 458. The third kappa shape index (κ3) is 3.57. The largest absolute Gasteiger partial charge is 0.494 e.